The van der Waals surface area contributed by atoms with E-state index in [-0.39, 0.29) is 5.38 Å². The van der Waals surface area contributed by atoms with Gasteiger partial charge in [0.1, 0.15) is 11.3 Å². The molecule has 0 aliphatic heterocycles. The first-order valence-corrected chi connectivity index (χ1v) is 6.70. The Morgan fingerprint density at radius 1 is 1.50 bits per heavy atom. The van der Waals surface area contributed by atoms with Crippen molar-refractivity contribution in [2.75, 3.05) is 13.2 Å². The van der Waals surface area contributed by atoms with Crippen LogP contribution in [0.25, 0.3) is 11.2 Å². The minimum Gasteiger partial charge on any atom is -0.382 e. The van der Waals surface area contributed by atoms with Gasteiger partial charge in [-0.1, -0.05) is 0 Å². The lowest BCUT2D eigenvalue weighted by Gasteiger charge is -2.09. The maximum atomic E-state index is 6.18. The number of nitrogens with zero attached hydrogens (tertiary/aromatic N) is 3. The molecule has 0 saturated heterocycles. The Labute approximate surface area is 112 Å². The van der Waals surface area contributed by atoms with Crippen molar-refractivity contribution in [3.05, 3.63) is 24.2 Å². The van der Waals surface area contributed by atoms with Gasteiger partial charge in [-0.05, 0) is 32.4 Å². The number of pyridine rings is 1. The first kappa shape index (κ1) is 13.3. The lowest BCUT2D eigenvalue weighted by molar-refractivity contribution is 0.141. The maximum Gasteiger partial charge on any atom is 0.160 e. The fraction of sp³-hybridized carbons (Fsp3) is 0.538. The van der Waals surface area contributed by atoms with Crippen LogP contribution in [0, 0.1) is 0 Å². The van der Waals surface area contributed by atoms with Crippen molar-refractivity contribution in [3.63, 3.8) is 0 Å². The van der Waals surface area contributed by atoms with Crippen molar-refractivity contribution in [2.45, 2.75) is 32.2 Å². The van der Waals surface area contributed by atoms with E-state index >= 15 is 0 Å². The summed E-state index contributed by atoms with van der Waals surface area (Å²) in [6.07, 6.45) is 2.72. The van der Waals surface area contributed by atoms with Gasteiger partial charge in [-0.25, -0.2) is 9.97 Å². The molecule has 0 aliphatic carbocycles. The summed E-state index contributed by atoms with van der Waals surface area (Å²) in [6, 6.07) is 3.85. The largest absolute Gasteiger partial charge is 0.382 e. The minimum atomic E-state index is -0.119. The lowest BCUT2D eigenvalue weighted by atomic mass is 10.4. The summed E-state index contributed by atoms with van der Waals surface area (Å²) in [7, 11) is 0. The second-order valence-electron chi connectivity index (χ2n) is 4.13. The van der Waals surface area contributed by atoms with Crippen molar-refractivity contribution in [1.82, 2.24) is 14.5 Å². The summed E-state index contributed by atoms with van der Waals surface area (Å²) in [5.41, 5.74) is 1.80. The first-order chi connectivity index (χ1) is 8.74. The molecule has 2 aromatic heterocycles. The summed E-state index contributed by atoms with van der Waals surface area (Å²) in [4.78, 5) is 8.92. The quantitative estimate of drug-likeness (QED) is 0.596. The van der Waals surface area contributed by atoms with E-state index in [1.54, 1.807) is 6.20 Å². The number of fused-ring (bicyclic) bond motifs is 1. The standard InChI is InChI=1S/C13H18ClN3O/c1-3-18-9-5-8-17-12(10(2)14)16-11-6-4-7-15-13(11)17/h4,6-7,10H,3,5,8-9H2,1-2H3. The van der Waals surface area contributed by atoms with Gasteiger partial charge in [0.25, 0.3) is 0 Å². The summed E-state index contributed by atoms with van der Waals surface area (Å²) in [5.74, 6) is 0.877. The van der Waals surface area contributed by atoms with E-state index in [0.717, 1.165) is 43.2 Å². The molecule has 0 amide bonds. The van der Waals surface area contributed by atoms with E-state index in [2.05, 4.69) is 14.5 Å². The number of halogens is 1. The highest BCUT2D eigenvalue weighted by molar-refractivity contribution is 6.20. The Morgan fingerprint density at radius 2 is 2.33 bits per heavy atom. The molecule has 1 atom stereocenters. The summed E-state index contributed by atoms with van der Waals surface area (Å²) >= 11 is 6.18. The van der Waals surface area contributed by atoms with E-state index in [9.17, 15) is 0 Å². The van der Waals surface area contributed by atoms with Gasteiger partial charge in [0.2, 0.25) is 0 Å². The molecule has 0 aromatic carbocycles. The normalized spacial score (nSPS) is 13.1. The van der Waals surface area contributed by atoms with E-state index in [0.29, 0.717) is 0 Å². The molecule has 5 heteroatoms. The minimum absolute atomic E-state index is 0.119. The lowest BCUT2D eigenvalue weighted by Crippen LogP contribution is -2.07. The molecule has 4 nitrogen and oxygen atoms in total. The van der Waals surface area contributed by atoms with Crippen LogP contribution in [0.3, 0.4) is 0 Å². The number of hydrogen-bond acceptors (Lipinski definition) is 3. The van der Waals surface area contributed by atoms with Gasteiger partial charge in [0.05, 0.1) is 5.38 Å². The molecule has 1 unspecified atom stereocenters. The number of rotatable bonds is 6. The van der Waals surface area contributed by atoms with E-state index < -0.39 is 0 Å². The molecule has 0 N–H and O–H groups in total. The van der Waals surface area contributed by atoms with Gasteiger partial charge in [0, 0.05) is 26.0 Å². The van der Waals surface area contributed by atoms with Gasteiger partial charge >= 0.3 is 0 Å². The average molecular weight is 268 g/mol. The monoisotopic (exact) mass is 267 g/mol. The van der Waals surface area contributed by atoms with Crippen LogP contribution in [0.5, 0.6) is 0 Å². The Hall–Kier alpha value is -1.13. The molecular formula is C13H18ClN3O. The third-order valence-electron chi connectivity index (χ3n) is 2.76. The van der Waals surface area contributed by atoms with Crippen LogP contribution in [0.15, 0.2) is 18.3 Å². The van der Waals surface area contributed by atoms with Gasteiger partial charge in [-0.15, -0.1) is 11.6 Å². The Morgan fingerprint density at radius 3 is 3.06 bits per heavy atom. The Bertz CT molecular complexity index is 510. The molecule has 0 saturated carbocycles. The summed E-state index contributed by atoms with van der Waals surface area (Å²) in [5, 5.41) is -0.119. The van der Waals surface area contributed by atoms with Crippen LogP contribution in [-0.2, 0) is 11.3 Å². The van der Waals surface area contributed by atoms with Gasteiger partial charge in [-0.2, -0.15) is 0 Å². The second-order valence-corrected chi connectivity index (χ2v) is 4.79. The van der Waals surface area contributed by atoms with Crippen molar-refractivity contribution in [1.29, 1.82) is 0 Å². The topological polar surface area (TPSA) is 39.9 Å². The zero-order chi connectivity index (χ0) is 13.0. The van der Waals surface area contributed by atoms with Crippen LogP contribution >= 0.6 is 11.6 Å². The van der Waals surface area contributed by atoms with Gasteiger partial charge in [0.15, 0.2) is 5.65 Å². The molecular weight excluding hydrogens is 250 g/mol. The van der Waals surface area contributed by atoms with Gasteiger partial charge in [-0.3, -0.25) is 0 Å². The van der Waals surface area contributed by atoms with Crippen LogP contribution in [-0.4, -0.2) is 27.7 Å². The van der Waals surface area contributed by atoms with Crippen LogP contribution in [0.1, 0.15) is 31.5 Å². The SMILES string of the molecule is CCOCCCn1c(C(C)Cl)nc2cccnc21. The molecule has 2 aromatic rings. The molecule has 0 fully saturated rings. The molecule has 0 spiro atoms. The highest BCUT2D eigenvalue weighted by Crippen LogP contribution is 2.23. The van der Waals surface area contributed by atoms with E-state index in [1.165, 1.54) is 0 Å². The van der Waals surface area contributed by atoms with Crippen LogP contribution in [0.4, 0.5) is 0 Å². The van der Waals surface area contributed by atoms with Gasteiger partial charge < -0.3 is 9.30 Å². The zero-order valence-corrected chi connectivity index (χ0v) is 11.5. The average Bonchev–Trinajstić information content (AvgIpc) is 2.74. The number of ether oxygens (including phenoxy) is 1. The second kappa shape index (κ2) is 6.16. The third kappa shape index (κ3) is 2.82. The number of aryl methyl sites for hydroxylation is 1. The van der Waals surface area contributed by atoms with Crippen molar-refractivity contribution >= 4 is 22.8 Å². The molecule has 0 bridgehead atoms. The summed E-state index contributed by atoms with van der Waals surface area (Å²) in [6.45, 7) is 6.27. The number of alkyl halides is 1. The highest BCUT2D eigenvalue weighted by Gasteiger charge is 2.14. The van der Waals surface area contributed by atoms with Crippen molar-refractivity contribution < 1.29 is 4.74 Å². The Balaban J connectivity index is 2.24. The molecule has 18 heavy (non-hydrogen) atoms. The predicted molar refractivity (Wildman–Crippen MR) is 72.9 cm³/mol. The molecule has 0 radical (unpaired) electrons. The number of hydrogen-bond donors (Lipinski definition) is 0. The molecule has 2 heterocycles. The molecule has 98 valence electrons. The maximum absolute atomic E-state index is 6.18. The number of imidazole rings is 1. The fourth-order valence-electron chi connectivity index (χ4n) is 1.97. The molecule has 2 rings (SSSR count). The predicted octanol–water partition coefficient (Wildman–Crippen LogP) is 3.16. The van der Waals surface area contributed by atoms with Crippen molar-refractivity contribution in [3.8, 4) is 0 Å². The molecule has 0 aliphatic rings. The highest BCUT2D eigenvalue weighted by atomic mass is 35.5. The Kier molecular flexibility index (Phi) is 4.55. The smallest absolute Gasteiger partial charge is 0.160 e. The number of aromatic nitrogens is 3. The van der Waals surface area contributed by atoms with E-state index in [1.807, 2.05) is 26.0 Å². The van der Waals surface area contributed by atoms with Crippen molar-refractivity contribution in [2.24, 2.45) is 0 Å². The third-order valence-corrected chi connectivity index (χ3v) is 2.96. The van der Waals surface area contributed by atoms with Crippen LogP contribution < -0.4 is 0 Å². The fourth-order valence-corrected chi connectivity index (χ4v) is 2.14. The van der Waals surface area contributed by atoms with E-state index in [4.69, 9.17) is 16.3 Å². The first-order valence-electron chi connectivity index (χ1n) is 6.27. The summed E-state index contributed by atoms with van der Waals surface area (Å²) < 4.78 is 7.45. The van der Waals surface area contributed by atoms with Crippen LogP contribution in [0.2, 0.25) is 0 Å². The zero-order valence-electron chi connectivity index (χ0n) is 10.8.